The first-order chi connectivity index (χ1) is 29.4. The van der Waals surface area contributed by atoms with Crippen LogP contribution in [-0.4, -0.2) is 98.3 Å². The average Bonchev–Trinajstić information content (AvgIpc) is 3.24. The highest BCUT2D eigenvalue weighted by atomic mass is 31.2. The van der Waals surface area contributed by atoms with Crippen LogP contribution in [0.3, 0.4) is 0 Å². The van der Waals surface area contributed by atoms with Crippen LogP contribution in [0, 0.1) is 0 Å². The van der Waals surface area contributed by atoms with Gasteiger partial charge in [-0.2, -0.15) is 0 Å². The second-order valence-electron chi connectivity index (χ2n) is 16.6. The van der Waals surface area contributed by atoms with Crippen LogP contribution in [0.15, 0.2) is 36.5 Å². The summed E-state index contributed by atoms with van der Waals surface area (Å²) in [7, 11) is -5.13. The van der Waals surface area contributed by atoms with Gasteiger partial charge in [-0.1, -0.05) is 172 Å². The molecule has 0 aliphatic heterocycles. The fourth-order valence-corrected chi connectivity index (χ4v) is 8.10. The molecule has 1 aliphatic carbocycles. The Labute approximate surface area is 368 Å². The molecule has 6 unspecified atom stereocenters. The van der Waals surface area contributed by atoms with Crippen LogP contribution in [-0.2, 0) is 32.7 Å². The number of phosphoric ester groups is 1. The Morgan fingerprint density at radius 2 is 0.902 bits per heavy atom. The first-order valence-corrected chi connectivity index (χ1v) is 25.3. The van der Waals surface area contributed by atoms with Gasteiger partial charge in [0.2, 0.25) is 0 Å². The van der Waals surface area contributed by atoms with Crippen LogP contribution >= 0.6 is 7.82 Å². The van der Waals surface area contributed by atoms with Crippen molar-refractivity contribution in [2.75, 3.05) is 13.2 Å². The van der Waals surface area contributed by atoms with E-state index in [0.717, 1.165) is 38.5 Å². The summed E-state index contributed by atoms with van der Waals surface area (Å²) in [6, 6.07) is 0. The van der Waals surface area contributed by atoms with Crippen LogP contribution in [0.25, 0.3) is 0 Å². The number of phosphoric acid groups is 1. The van der Waals surface area contributed by atoms with Crippen molar-refractivity contribution in [2.24, 2.45) is 0 Å². The Kier molecular flexibility index (Phi) is 35.0. The number of unbranched alkanes of at least 4 members (excludes halogenated alkanes) is 21. The van der Waals surface area contributed by atoms with Gasteiger partial charge in [-0.25, -0.2) is 4.57 Å². The number of carbonyl (C=O) groups excluding carboxylic acids is 2. The molecule has 8 atom stereocenters. The Balaban J connectivity index is 2.49. The van der Waals surface area contributed by atoms with Crippen molar-refractivity contribution in [2.45, 2.75) is 236 Å². The van der Waals surface area contributed by atoms with E-state index in [0.29, 0.717) is 19.3 Å². The molecule has 0 amide bonds. The molecule has 1 aliphatic rings. The van der Waals surface area contributed by atoms with Crippen molar-refractivity contribution < 1.29 is 63.1 Å². The Morgan fingerprint density at radius 3 is 1.39 bits per heavy atom. The summed E-state index contributed by atoms with van der Waals surface area (Å²) in [5.41, 5.74) is 0. The summed E-state index contributed by atoms with van der Waals surface area (Å²) >= 11 is 0. The Hall–Kier alpha value is -1.93. The lowest BCUT2D eigenvalue weighted by Crippen LogP contribution is -2.64. The molecule has 6 N–H and O–H groups in total. The van der Waals surface area contributed by atoms with Gasteiger partial charge in [0.15, 0.2) is 6.10 Å². The van der Waals surface area contributed by atoms with Crippen molar-refractivity contribution in [1.29, 1.82) is 0 Å². The molecular formula is C47H85O13P. The van der Waals surface area contributed by atoms with Crippen LogP contribution in [0.1, 0.15) is 194 Å². The van der Waals surface area contributed by atoms with E-state index in [1.807, 2.05) is 12.2 Å². The molecule has 1 saturated carbocycles. The number of esters is 2. The quantitative estimate of drug-likeness (QED) is 0.0147. The molecule has 1 rings (SSSR count). The summed E-state index contributed by atoms with van der Waals surface area (Å²) in [6.07, 6.45) is 29.2. The fourth-order valence-electron chi connectivity index (χ4n) is 7.13. The third-order valence-corrected chi connectivity index (χ3v) is 12.0. The van der Waals surface area contributed by atoms with E-state index in [9.17, 15) is 44.6 Å². The summed E-state index contributed by atoms with van der Waals surface area (Å²) in [4.78, 5) is 35.7. The summed E-state index contributed by atoms with van der Waals surface area (Å²) in [5.74, 6) is -1.15. The second-order valence-corrected chi connectivity index (χ2v) is 18.0. The van der Waals surface area contributed by atoms with Gasteiger partial charge < -0.3 is 39.9 Å². The molecule has 0 aromatic rings. The number of hydrogen-bond acceptors (Lipinski definition) is 12. The first kappa shape index (κ1) is 57.1. The standard InChI is InChI=1S/C47H85O13P/c1-3-5-7-9-11-13-15-17-19-20-22-24-26-28-30-32-34-36-41(49)59-39(38-58-61(55,56)60-47-45(53)43(51)42(50)44(52)46(47)54)37-57-40(48)35-33-31-29-27-25-23-21-18-16-14-12-10-8-6-4-2/h17,19,22,24,28,30,39,42-47,50-54H,3-16,18,20-21,23,25-27,29,31-38H2,1-2H3,(H,55,56)/b19-17-,24-22-,30-28-/t39-,42?,43-,44?,45?,46?,47?/m1/s1. The van der Waals surface area contributed by atoms with E-state index in [-0.39, 0.29) is 12.8 Å². The zero-order valence-corrected chi connectivity index (χ0v) is 38.6. The topological polar surface area (TPSA) is 210 Å². The van der Waals surface area contributed by atoms with E-state index >= 15 is 0 Å². The van der Waals surface area contributed by atoms with Gasteiger partial charge >= 0.3 is 19.8 Å². The number of aliphatic hydroxyl groups excluding tert-OH is 5. The third-order valence-electron chi connectivity index (χ3n) is 11.0. The molecular weight excluding hydrogens is 803 g/mol. The molecule has 13 nitrogen and oxygen atoms in total. The molecule has 0 spiro atoms. The summed E-state index contributed by atoms with van der Waals surface area (Å²) in [5, 5.41) is 50.1. The minimum absolute atomic E-state index is 0.0268. The highest BCUT2D eigenvalue weighted by Gasteiger charge is 2.51. The number of aliphatic hydroxyl groups is 5. The van der Waals surface area contributed by atoms with Crippen molar-refractivity contribution in [3.05, 3.63) is 36.5 Å². The van der Waals surface area contributed by atoms with E-state index in [2.05, 4.69) is 38.2 Å². The maximum absolute atomic E-state index is 12.8. The zero-order chi connectivity index (χ0) is 45.0. The molecule has 1 fully saturated rings. The maximum atomic E-state index is 12.8. The smallest absolute Gasteiger partial charge is 0.462 e. The molecule has 0 bridgehead atoms. The highest BCUT2D eigenvalue weighted by molar-refractivity contribution is 7.47. The second kappa shape index (κ2) is 37.4. The first-order valence-electron chi connectivity index (χ1n) is 23.8. The average molecular weight is 889 g/mol. The van der Waals surface area contributed by atoms with Gasteiger partial charge in [0.25, 0.3) is 0 Å². The number of ether oxygens (including phenoxy) is 2. The molecule has 61 heavy (non-hydrogen) atoms. The predicted molar refractivity (Wildman–Crippen MR) is 240 cm³/mol. The third kappa shape index (κ3) is 30.0. The zero-order valence-electron chi connectivity index (χ0n) is 37.7. The fraction of sp³-hybridized carbons (Fsp3) is 0.830. The molecule has 356 valence electrons. The van der Waals surface area contributed by atoms with Crippen molar-refractivity contribution >= 4 is 19.8 Å². The van der Waals surface area contributed by atoms with Gasteiger partial charge in [0.1, 0.15) is 43.2 Å². The van der Waals surface area contributed by atoms with Gasteiger partial charge in [-0.3, -0.25) is 18.6 Å². The van der Waals surface area contributed by atoms with Crippen molar-refractivity contribution in [3.63, 3.8) is 0 Å². The van der Waals surface area contributed by atoms with Crippen LogP contribution in [0.2, 0.25) is 0 Å². The predicted octanol–water partition coefficient (Wildman–Crippen LogP) is 9.39. The van der Waals surface area contributed by atoms with E-state index in [1.165, 1.54) is 109 Å². The van der Waals surface area contributed by atoms with E-state index in [1.54, 1.807) is 0 Å². The lowest BCUT2D eigenvalue weighted by Gasteiger charge is -2.41. The number of allylic oxidation sites excluding steroid dienone is 6. The van der Waals surface area contributed by atoms with Crippen LogP contribution in [0.5, 0.6) is 0 Å². The molecule has 0 heterocycles. The maximum Gasteiger partial charge on any atom is 0.472 e. The van der Waals surface area contributed by atoms with Gasteiger partial charge in [0.05, 0.1) is 6.61 Å². The van der Waals surface area contributed by atoms with Crippen molar-refractivity contribution in [1.82, 2.24) is 0 Å². The Morgan fingerprint density at radius 1 is 0.508 bits per heavy atom. The van der Waals surface area contributed by atoms with Crippen LogP contribution in [0.4, 0.5) is 0 Å². The van der Waals surface area contributed by atoms with E-state index in [4.69, 9.17) is 18.5 Å². The van der Waals surface area contributed by atoms with Gasteiger partial charge in [-0.05, 0) is 44.9 Å². The Bertz CT molecular complexity index is 1210. The monoisotopic (exact) mass is 889 g/mol. The molecule has 0 saturated heterocycles. The number of carbonyl (C=O) groups is 2. The largest absolute Gasteiger partial charge is 0.472 e. The lowest BCUT2D eigenvalue weighted by molar-refractivity contribution is -0.220. The molecule has 0 radical (unpaired) electrons. The molecule has 14 heteroatoms. The minimum atomic E-state index is -5.13. The van der Waals surface area contributed by atoms with Gasteiger partial charge in [0, 0.05) is 12.8 Å². The van der Waals surface area contributed by atoms with Crippen molar-refractivity contribution in [3.8, 4) is 0 Å². The lowest BCUT2D eigenvalue weighted by atomic mass is 9.85. The molecule has 0 aromatic heterocycles. The minimum Gasteiger partial charge on any atom is -0.462 e. The highest BCUT2D eigenvalue weighted by Crippen LogP contribution is 2.47. The number of rotatable bonds is 39. The van der Waals surface area contributed by atoms with Gasteiger partial charge in [-0.15, -0.1) is 0 Å². The molecule has 0 aromatic carbocycles. The number of hydrogen-bond donors (Lipinski definition) is 6. The summed E-state index contributed by atoms with van der Waals surface area (Å²) in [6.45, 7) is 3.26. The summed E-state index contributed by atoms with van der Waals surface area (Å²) < 4.78 is 33.5. The van der Waals surface area contributed by atoms with E-state index < -0.39 is 75.7 Å². The normalized spacial score (nSPS) is 22.3. The SMILES string of the molecule is CCCCCCCC/C=C\C/C=C\C/C=C\CCCC(=O)O[C@H](COC(=O)CCCCCCCCCCCCCCCCC)COP(=O)(O)OC1C(O)C(O)C(O)[C@@H](O)C1O. The van der Waals surface area contributed by atoms with Crippen LogP contribution < -0.4 is 0 Å².